The molecule has 218 valence electrons. The van der Waals surface area contributed by atoms with Gasteiger partial charge in [0, 0.05) is 33.2 Å². The summed E-state index contributed by atoms with van der Waals surface area (Å²) in [6.07, 6.45) is 3.81. The Kier molecular flexibility index (Phi) is 10.2. The molecule has 1 unspecified atom stereocenters. The van der Waals surface area contributed by atoms with Crippen molar-refractivity contribution >= 4 is 62.3 Å². The third-order valence-corrected chi connectivity index (χ3v) is 9.97. The van der Waals surface area contributed by atoms with Gasteiger partial charge in [-0.05, 0) is 69.2 Å². The Labute approximate surface area is 256 Å². The first-order valence-electron chi connectivity index (χ1n) is 13.3. The lowest BCUT2D eigenvalue weighted by atomic mass is 10.1. The minimum Gasteiger partial charge on any atom is -0.352 e. The highest BCUT2D eigenvalue weighted by Crippen LogP contribution is 2.29. The van der Waals surface area contributed by atoms with Gasteiger partial charge in [0.1, 0.15) is 12.6 Å². The van der Waals surface area contributed by atoms with E-state index in [9.17, 15) is 18.0 Å². The zero-order valence-corrected chi connectivity index (χ0v) is 25.9. The summed E-state index contributed by atoms with van der Waals surface area (Å²) in [6, 6.07) is 16.7. The number of carbonyl (C=O) groups excluding carboxylic acids is 2. The number of hydrogen-bond acceptors (Lipinski definition) is 4. The Morgan fingerprint density at radius 3 is 2.17 bits per heavy atom. The minimum absolute atomic E-state index is 0.0172. The summed E-state index contributed by atoms with van der Waals surface area (Å²) in [4.78, 5) is 28.7. The van der Waals surface area contributed by atoms with Crippen molar-refractivity contribution in [3.05, 3.63) is 92.9 Å². The molecule has 0 saturated heterocycles. The molecule has 0 heterocycles. The molecule has 1 aliphatic rings. The number of amides is 2. The summed E-state index contributed by atoms with van der Waals surface area (Å²) < 4.78 is 28.8. The lowest BCUT2D eigenvalue weighted by Gasteiger charge is -2.33. The Morgan fingerprint density at radius 2 is 1.56 bits per heavy atom. The van der Waals surface area contributed by atoms with Crippen molar-refractivity contribution in [1.29, 1.82) is 0 Å². The molecular formula is C30H32Cl3N3O4S. The van der Waals surface area contributed by atoms with Crippen LogP contribution in [0, 0.1) is 6.92 Å². The van der Waals surface area contributed by atoms with Crippen LogP contribution in [0.15, 0.2) is 71.6 Å². The molecule has 0 aliphatic heterocycles. The first-order chi connectivity index (χ1) is 19.5. The molecule has 0 radical (unpaired) electrons. The van der Waals surface area contributed by atoms with Crippen molar-refractivity contribution in [2.75, 3.05) is 10.8 Å². The highest BCUT2D eigenvalue weighted by Gasteiger charge is 2.34. The van der Waals surface area contributed by atoms with Crippen LogP contribution in [0.1, 0.15) is 43.7 Å². The molecule has 0 bridgehead atoms. The van der Waals surface area contributed by atoms with Gasteiger partial charge in [-0.25, -0.2) is 8.42 Å². The molecule has 1 N–H and O–H groups in total. The SMILES string of the molecule is Cc1ccc(S(=O)(=O)N(CC(=O)N(Cc2c(Cl)cccc2Cl)C(C)C(=O)NC2CCCC2)c2cccc(Cl)c2)cc1. The molecule has 0 aromatic heterocycles. The van der Waals surface area contributed by atoms with Gasteiger partial charge in [0.2, 0.25) is 11.8 Å². The van der Waals surface area contributed by atoms with Crippen LogP contribution < -0.4 is 9.62 Å². The molecule has 7 nitrogen and oxygen atoms in total. The largest absolute Gasteiger partial charge is 0.352 e. The highest BCUT2D eigenvalue weighted by atomic mass is 35.5. The molecule has 2 amide bonds. The van der Waals surface area contributed by atoms with Crippen LogP contribution in [0.2, 0.25) is 15.1 Å². The van der Waals surface area contributed by atoms with Gasteiger partial charge >= 0.3 is 0 Å². The predicted octanol–water partition coefficient (Wildman–Crippen LogP) is 6.63. The molecular weight excluding hydrogens is 605 g/mol. The molecule has 41 heavy (non-hydrogen) atoms. The average molecular weight is 637 g/mol. The highest BCUT2D eigenvalue weighted by molar-refractivity contribution is 7.92. The molecule has 11 heteroatoms. The van der Waals surface area contributed by atoms with Gasteiger partial charge in [-0.2, -0.15) is 0 Å². The normalized spacial score (nSPS) is 14.5. The summed E-state index contributed by atoms with van der Waals surface area (Å²) in [5.74, 6) is -0.935. The fourth-order valence-corrected chi connectivity index (χ4v) is 6.93. The Balaban J connectivity index is 1.72. The van der Waals surface area contributed by atoms with Crippen LogP contribution in [0.3, 0.4) is 0 Å². The van der Waals surface area contributed by atoms with Gasteiger partial charge in [-0.3, -0.25) is 13.9 Å². The Bertz CT molecular complexity index is 1490. The second kappa shape index (κ2) is 13.5. The maximum Gasteiger partial charge on any atom is 0.264 e. The Hall–Kier alpha value is -2.78. The number of halogens is 3. The van der Waals surface area contributed by atoms with E-state index < -0.39 is 28.5 Å². The van der Waals surface area contributed by atoms with E-state index in [1.165, 1.54) is 23.1 Å². The van der Waals surface area contributed by atoms with E-state index in [1.807, 2.05) is 6.92 Å². The average Bonchev–Trinajstić information content (AvgIpc) is 3.44. The number of rotatable bonds is 10. The van der Waals surface area contributed by atoms with Crippen molar-refractivity contribution in [2.45, 2.75) is 63.1 Å². The zero-order valence-electron chi connectivity index (χ0n) is 22.8. The first-order valence-corrected chi connectivity index (χ1v) is 15.9. The Morgan fingerprint density at radius 1 is 0.951 bits per heavy atom. The summed E-state index contributed by atoms with van der Waals surface area (Å²) >= 11 is 19.1. The second-order valence-electron chi connectivity index (χ2n) is 10.2. The van der Waals surface area contributed by atoms with Crippen molar-refractivity contribution in [3.8, 4) is 0 Å². The number of sulfonamides is 1. The lowest BCUT2D eigenvalue weighted by molar-refractivity contribution is -0.139. The van der Waals surface area contributed by atoms with Crippen molar-refractivity contribution in [2.24, 2.45) is 0 Å². The van der Waals surface area contributed by atoms with Crippen LogP contribution in [-0.2, 0) is 26.2 Å². The van der Waals surface area contributed by atoms with E-state index in [0.29, 0.717) is 20.6 Å². The van der Waals surface area contributed by atoms with E-state index in [2.05, 4.69) is 5.32 Å². The number of carbonyl (C=O) groups is 2. The van der Waals surface area contributed by atoms with E-state index in [-0.39, 0.29) is 29.1 Å². The maximum absolute atomic E-state index is 14.1. The van der Waals surface area contributed by atoms with E-state index in [0.717, 1.165) is 35.6 Å². The minimum atomic E-state index is -4.20. The van der Waals surface area contributed by atoms with Crippen molar-refractivity contribution in [1.82, 2.24) is 10.2 Å². The van der Waals surface area contributed by atoms with Crippen LogP contribution >= 0.6 is 34.8 Å². The second-order valence-corrected chi connectivity index (χ2v) is 13.3. The molecule has 1 aliphatic carbocycles. The predicted molar refractivity (Wildman–Crippen MR) is 164 cm³/mol. The quantitative estimate of drug-likeness (QED) is 0.271. The standard InChI is InChI=1S/C30H32Cl3N3O4S/c1-20-13-15-25(16-14-20)41(39,40)36(24-10-5-7-22(31)17-24)19-29(37)35(18-26-27(32)11-6-12-28(26)33)21(2)30(38)34-23-8-3-4-9-23/h5-7,10-17,21,23H,3-4,8-9,18-19H2,1-2H3,(H,34,38). The van der Waals surface area contributed by atoms with Crippen LogP contribution in [0.4, 0.5) is 5.69 Å². The van der Waals surface area contributed by atoms with Gasteiger partial charge in [0.05, 0.1) is 10.6 Å². The number of nitrogens with one attached hydrogen (secondary N) is 1. The van der Waals surface area contributed by atoms with Crippen molar-refractivity contribution < 1.29 is 18.0 Å². The van der Waals surface area contributed by atoms with Gasteiger partial charge in [-0.15, -0.1) is 0 Å². The monoisotopic (exact) mass is 635 g/mol. The third-order valence-electron chi connectivity index (χ3n) is 7.24. The molecule has 3 aromatic rings. The number of anilines is 1. The molecule has 1 saturated carbocycles. The van der Waals surface area contributed by atoms with Gasteiger partial charge in [0.15, 0.2) is 0 Å². The van der Waals surface area contributed by atoms with E-state index >= 15 is 0 Å². The molecule has 0 spiro atoms. The van der Waals surface area contributed by atoms with Crippen LogP contribution in [-0.4, -0.2) is 43.8 Å². The van der Waals surface area contributed by atoms with Crippen LogP contribution in [0.25, 0.3) is 0 Å². The fraction of sp³-hybridized carbons (Fsp3) is 0.333. The van der Waals surface area contributed by atoms with Gasteiger partial charge in [-0.1, -0.05) is 77.5 Å². The number of benzene rings is 3. The lowest BCUT2D eigenvalue weighted by Crippen LogP contribution is -2.52. The van der Waals surface area contributed by atoms with Gasteiger partial charge in [0.25, 0.3) is 10.0 Å². The first kappa shape index (κ1) is 31.2. The summed E-state index contributed by atoms with van der Waals surface area (Å²) in [6.45, 7) is 2.79. The van der Waals surface area contributed by atoms with E-state index in [4.69, 9.17) is 34.8 Å². The molecule has 3 aromatic carbocycles. The number of nitrogens with zero attached hydrogens (tertiary/aromatic N) is 2. The van der Waals surface area contributed by atoms with Crippen LogP contribution in [0.5, 0.6) is 0 Å². The fourth-order valence-electron chi connectivity index (χ4n) is 4.83. The van der Waals surface area contributed by atoms with E-state index in [1.54, 1.807) is 55.5 Å². The smallest absolute Gasteiger partial charge is 0.264 e. The van der Waals surface area contributed by atoms with Crippen molar-refractivity contribution in [3.63, 3.8) is 0 Å². The molecule has 4 rings (SSSR count). The summed E-state index contributed by atoms with van der Waals surface area (Å²) in [5.41, 5.74) is 1.56. The topological polar surface area (TPSA) is 86.8 Å². The zero-order chi connectivity index (χ0) is 29.7. The maximum atomic E-state index is 14.1. The van der Waals surface area contributed by atoms with Gasteiger partial charge < -0.3 is 10.2 Å². The number of hydrogen-bond donors (Lipinski definition) is 1. The summed E-state index contributed by atoms with van der Waals surface area (Å²) in [7, 11) is -4.20. The third kappa shape index (κ3) is 7.55. The molecule has 1 atom stereocenters. The number of aryl methyl sites for hydroxylation is 1. The summed E-state index contributed by atoms with van der Waals surface area (Å²) in [5, 5.41) is 4.01. The molecule has 1 fully saturated rings.